The van der Waals surface area contributed by atoms with Gasteiger partial charge in [0.05, 0.1) is 32.7 Å². The maximum atomic E-state index is 13.7. The number of amides is 1. The van der Waals surface area contributed by atoms with Crippen LogP contribution in [0, 0.1) is 13.8 Å². The van der Waals surface area contributed by atoms with Gasteiger partial charge in [0, 0.05) is 47.4 Å². The van der Waals surface area contributed by atoms with E-state index in [9.17, 15) is 9.59 Å². The van der Waals surface area contributed by atoms with E-state index in [0.29, 0.717) is 39.0 Å². The number of oxime groups is 1. The SMILES string of the molecule is CCOC(=O)C1=NOC(Cc2c(C=NNC(=O)c3sc4nc(C)cc(C)c4c3-n3cccc3)c(OC)c3c(c2OC)OCO3)C1. The number of hydrogen-bond acceptors (Lipinski definition) is 12. The van der Waals surface area contributed by atoms with Crippen LogP contribution in [0.25, 0.3) is 15.9 Å². The molecular formula is C31H31N5O8S. The lowest BCUT2D eigenvalue weighted by Gasteiger charge is -2.19. The Morgan fingerprint density at radius 1 is 1.16 bits per heavy atom. The van der Waals surface area contributed by atoms with E-state index in [1.54, 1.807) is 6.92 Å². The molecule has 0 saturated heterocycles. The number of aromatic nitrogens is 2. The van der Waals surface area contributed by atoms with Crippen molar-refractivity contribution in [1.82, 2.24) is 15.0 Å². The van der Waals surface area contributed by atoms with Crippen molar-refractivity contribution in [3.05, 3.63) is 57.9 Å². The average molecular weight is 634 g/mol. The van der Waals surface area contributed by atoms with Gasteiger partial charge in [0.25, 0.3) is 5.91 Å². The Balaban J connectivity index is 1.34. The molecule has 0 saturated carbocycles. The summed E-state index contributed by atoms with van der Waals surface area (Å²) in [6, 6.07) is 5.79. The number of thiophene rings is 1. The van der Waals surface area contributed by atoms with Gasteiger partial charge in [-0.1, -0.05) is 5.16 Å². The highest BCUT2D eigenvalue weighted by Crippen LogP contribution is 2.52. The quantitative estimate of drug-likeness (QED) is 0.152. The number of carbonyl (C=O) groups excluding carboxylic acids is 2. The molecule has 0 spiro atoms. The van der Waals surface area contributed by atoms with E-state index in [1.165, 1.54) is 31.8 Å². The van der Waals surface area contributed by atoms with Crippen LogP contribution in [0.3, 0.4) is 0 Å². The minimum atomic E-state index is -0.527. The zero-order chi connectivity index (χ0) is 31.7. The molecule has 1 aromatic carbocycles. The number of ether oxygens (including phenoxy) is 5. The first-order valence-electron chi connectivity index (χ1n) is 14.2. The number of esters is 1. The van der Waals surface area contributed by atoms with Crippen molar-refractivity contribution in [2.24, 2.45) is 10.3 Å². The van der Waals surface area contributed by atoms with Crippen LogP contribution >= 0.6 is 11.3 Å². The molecule has 234 valence electrons. The molecule has 0 aliphatic carbocycles. The molecule has 2 aliphatic heterocycles. The fourth-order valence-electron chi connectivity index (χ4n) is 5.51. The second kappa shape index (κ2) is 12.5. The Bertz CT molecular complexity index is 1850. The molecule has 45 heavy (non-hydrogen) atoms. The highest BCUT2D eigenvalue weighted by molar-refractivity contribution is 7.21. The van der Waals surface area contributed by atoms with Crippen LogP contribution in [0.1, 0.15) is 45.4 Å². The molecule has 14 heteroatoms. The van der Waals surface area contributed by atoms with Crippen molar-refractivity contribution in [3.63, 3.8) is 0 Å². The molecule has 0 radical (unpaired) electrons. The van der Waals surface area contributed by atoms with Crippen molar-refractivity contribution < 1.29 is 38.1 Å². The predicted molar refractivity (Wildman–Crippen MR) is 166 cm³/mol. The molecular weight excluding hydrogens is 602 g/mol. The third kappa shape index (κ3) is 5.52. The summed E-state index contributed by atoms with van der Waals surface area (Å²) in [4.78, 5) is 37.4. The van der Waals surface area contributed by atoms with Crippen LogP contribution in [-0.2, 0) is 20.8 Å². The third-order valence-electron chi connectivity index (χ3n) is 7.34. The lowest BCUT2D eigenvalue weighted by molar-refractivity contribution is -0.135. The van der Waals surface area contributed by atoms with Crippen molar-refractivity contribution in [1.29, 1.82) is 0 Å². The van der Waals surface area contributed by atoms with Crippen LogP contribution < -0.4 is 24.4 Å². The summed E-state index contributed by atoms with van der Waals surface area (Å²) in [6.45, 7) is 5.85. The fraction of sp³-hybridized carbons (Fsp3) is 0.323. The number of carbonyl (C=O) groups is 2. The van der Waals surface area contributed by atoms with Gasteiger partial charge in [0.2, 0.25) is 18.3 Å². The molecule has 4 aromatic rings. The predicted octanol–water partition coefficient (Wildman–Crippen LogP) is 4.46. The van der Waals surface area contributed by atoms with Crippen molar-refractivity contribution in [3.8, 4) is 28.7 Å². The Hall–Kier alpha value is -5.11. The molecule has 5 heterocycles. The molecule has 1 atom stereocenters. The van der Waals surface area contributed by atoms with Crippen molar-refractivity contribution >= 4 is 45.4 Å². The maximum Gasteiger partial charge on any atom is 0.356 e. The molecule has 0 fully saturated rings. The number of methoxy groups -OCH3 is 2. The van der Waals surface area contributed by atoms with Gasteiger partial charge in [0.15, 0.2) is 17.2 Å². The minimum absolute atomic E-state index is 0.0318. The Morgan fingerprint density at radius 2 is 1.89 bits per heavy atom. The first-order valence-corrected chi connectivity index (χ1v) is 15.0. The highest BCUT2D eigenvalue weighted by Gasteiger charge is 2.35. The van der Waals surface area contributed by atoms with Crippen LogP contribution in [-0.4, -0.2) is 67.1 Å². The first kappa shape index (κ1) is 29.9. The summed E-state index contributed by atoms with van der Waals surface area (Å²) in [7, 11) is 3.00. The number of hydrazone groups is 1. The molecule has 13 nitrogen and oxygen atoms in total. The molecule has 1 unspecified atom stereocenters. The summed E-state index contributed by atoms with van der Waals surface area (Å²) in [5.74, 6) is 0.509. The summed E-state index contributed by atoms with van der Waals surface area (Å²) in [5, 5.41) is 9.17. The van der Waals surface area contributed by atoms with Crippen molar-refractivity contribution in [2.75, 3.05) is 27.6 Å². The molecule has 2 aliphatic rings. The summed E-state index contributed by atoms with van der Waals surface area (Å²) in [5.41, 5.74) is 6.57. The zero-order valence-corrected chi connectivity index (χ0v) is 26.1. The number of benzene rings is 1. The molecule has 6 rings (SSSR count). The van der Waals surface area contributed by atoms with E-state index < -0.39 is 18.0 Å². The number of fused-ring (bicyclic) bond motifs is 2. The number of rotatable bonds is 10. The van der Waals surface area contributed by atoms with Crippen LogP contribution in [0.4, 0.5) is 0 Å². The van der Waals surface area contributed by atoms with E-state index in [0.717, 1.165) is 27.2 Å². The van der Waals surface area contributed by atoms with Crippen molar-refractivity contribution in [2.45, 2.75) is 39.7 Å². The van der Waals surface area contributed by atoms with Crippen LogP contribution in [0.5, 0.6) is 23.0 Å². The molecule has 1 amide bonds. The number of hydrogen-bond donors (Lipinski definition) is 1. The summed E-state index contributed by atoms with van der Waals surface area (Å²) in [6.07, 6.45) is 5.21. The third-order valence-corrected chi connectivity index (χ3v) is 8.42. The lowest BCUT2D eigenvalue weighted by Crippen LogP contribution is -2.20. The largest absolute Gasteiger partial charge is 0.492 e. The molecule has 0 bridgehead atoms. The molecule has 3 aromatic heterocycles. The van der Waals surface area contributed by atoms with Gasteiger partial charge in [0.1, 0.15) is 15.8 Å². The summed E-state index contributed by atoms with van der Waals surface area (Å²) < 4.78 is 29.9. The standard InChI is InChI=1S/C31H31N5O8S/c1-6-41-31(38)21-13-18(44-35-21)12-19-20(25(40-5)27-26(24(19)39-4)42-15-43-27)14-32-34-29(37)28-23(36-9-7-8-10-36)22-16(2)11-17(3)33-30(22)45-28/h7-11,14,18H,6,12-13,15H2,1-5H3,(H,34,37). The van der Waals surface area contributed by atoms with Crippen LogP contribution in [0.15, 0.2) is 40.8 Å². The van der Waals surface area contributed by atoms with E-state index >= 15 is 0 Å². The maximum absolute atomic E-state index is 13.7. The molecule has 1 N–H and O–H groups in total. The number of nitrogens with one attached hydrogen (secondary N) is 1. The fourth-order valence-corrected chi connectivity index (χ4v) is 6.69. The van der Waals surface area contributed by atoms with E-state index in [1.807, 2.05) is 49.0 Å². The highest BCUT2D eigenvalue weighted by atomic mass is 32.1. The van der Waals surface area contributed by atoms with Gasteiger partial charge in [-0.3, -0.25) is 4.79 Å². The minimum Gasteiger partial charge on any atom is -0.492 e. The Kier molecular flexibility index (Phi) is 8.30. The van der Waals surface area contributed by atoms with Gasteiger partial charge in [-0.15, -0.1) is 11.3 Å². The zero-order valence-electron chi connectivity index (χ0n) is 25.3. The van der Waals surface area contributed by atoms with Crippen LogP contribution in [0.2, 0.25) is 0 Å². The first-order chi connectivity index (χ1) is 21.8. The van der Waals surface area contributed by atoms with E-state index in [4.69, 9.17) is 28.5 Å². The smallest absolute Gasteiger partial charge is 0.356 e. The summed E-state index contributed by atoms with van der Waals surface area (Å²) >= 11 is 1.30. The van der Waals surface area contributed by atoms with E-state index in [2.05, 4.69) is 20.7 Å². The van der Waals surface area contributed by atoms with Gasteiger partial charge in [-0.25, -0.2) is 15.2 Å². The van der Waals surface area contributed by atoms with Gasteiger partial charge in [-0.05, 0) is 44.5 Å². The van der Waals surface area contributed by atoms with Gasteiger partial charge < -0.3 is 33.1 Å². The number of pyridine rings is 1. The normalized spacial score (nSPS) is 15.3. The lowest BCUT2D eigenvalue weighted by atomic mass is 9.96. The second-order valence-corrected chi connectivity index (χ2v) is 11.2. The number of aryl methyl sites for hydroxylation is 2. The second-order valence-electron chi connectivity index (χ2n) is 10.2. The number of nitrogens with zero attached hydrogens (tertiary/aromatic N) is 4. The monoisotopic (exact) mass is 633 g/mol. The Labute approximate surface area is 262 Å². The van der Waals surface area contributed by atoms with Gasteiger partial charge >= 0.3 is 5.97 Å². The Morgan fingerprint density at radius 3 is 2.60 bits per heavy atom. The average Bonchev–Trinajstić information content (AvgIpc) is 3.83. The van der Waals surface area contributed by atoms with E-state index in [-0.39, 0.29) is 32.0 Å². The van der Waals surface area contributed by atoms with Gasteiger partial charge in [-0.2, -0.15) is 5.10 Å². The topological polar surface area (TPSA) is 144 Å².